The number of likely N-dealkylation sites (tertiary alicyclic amines) is 1. The molecule has 1 rings (SSSR count). The van der Waals surface area contributed by atoms with E-state index >= 15 is 0 Å². The standard InChI is InChI=1S/C18H34BrNO2/c1-16(22-17(2)21)12-8-5-3-4-6-9-13-18(19)20-14-10-7-11-15-20/h16,18H,3-15H2,1-2H3. The molecule has 3 nitrogen and oxygen atoms in total. The third-order valence-electron chi connectivity index (χ3n) is 4.46. The van der Waals surface area contributed by atoms with Gasteiger partial charge in [-0.15, -0.1) is 0 Å². The molecule has 1 fully saturated rings. The van der Waals surface area contributed by atoms with Crippen LogP contribution in [0.25, 0.3) is 0 Å². The largest absolute Gasteiger partial charge is 0.463 e. The maximum Gasteiger partial charge on any atom is 0.302 e. The summed E-state index contributed by atoms with van der Waals surface area (Å²) in [6.07, 6.45) is 14.3. The van der Waals surface area contributed by atoms with Crippen LogP contribution in [-0.2, 0) is 9.53 Å². The molecule has 0 spiro atoms. The van der Waals surface area contributed by atoms with E-state index in [2.05, 4.69) is 20.8 Å². The van der Waals surface area contributed by atoms with Crippen molar-refractivity contribution >= 4 is 21.9 Å². The summed E-state index contributed by atoms with van der Waals surface area (Å²) in [6.45, 7) is 6.02. The molecule has 0 radical (unpaired) electrons. The van der Waals surface area contributed by atoms with E-state index in [4.69, 9.17) is 4.74 Å². The molecule has 0 amide bonds. The molecule has 1 saturated heterocycles. The lowest BCUT2D eigenvalue weighted by molar-refractivity contribution is -0.145. The van der Waals surface area contributed by atoms with E-state index in [1.165, 1.54) is 84.2 Å². The van der Waals surface area contributed by atoms with Gasteiger partial charge in [0.2, 0.25) is 0 Å². The van der Waals surface area contributed by atoms with Gasteiger partial charge in [-0.05, 0) is 52.1 Å². The number of hydrogen-bond acceptors (Lipinski definition) is 3. The summed E-state index contributed by atoms with van der Waals surface area (Å²) >= 11 is 3.85. The van der Waals surface area contributed by atoms with Gasteiger partial charge in [-0.2, -0.15) is 0 Å². The van der Waals surface area contributed by atoms with E-state index in [0.717, 1.165) is 6.42 Å². The molecule has 0 aromatic rings. The fourth-order valence-electron chi connectivity index (χ4n) is 3.18. The number of unbranched alkanes of at least 4 members (excludes halogenated alkanes) is 5. The number of halogens is 1. The van der Waals surface area contributed by atoms with E-state index < -0.39 is 0 Å². The van der Waals surface area contributed by atoms with Crippen molar-refractivity contribution in [3.63, 3.8) is 0 Å². The molecule has 0 aromatic heterocycles. The summed E-state index contributed by atoms with van der Waals surface area (Å²) in [4.78, 5) is 14.0. The Morgan fingerprint density at radius 1 is 1.00 bits per heavy atom. The van der Waals surface area contributed by atoms with E-state index in [1.54, 1.807) is 0 Å². The van der Waals surface area contributed by atoms with Crippen LogP contribution < -0.4 is 0 Å². The van der Waals surface area contributed by atoms with E-state index in [9.17, 15) is 4.79 Å². The zero-order valence-corrected chi connectivity index (χ0v) is 16.1. The van der Waals surface area contributed by atoms with Crippen LogP contribution in [0, 0.1) is 0 Å². The van der Waals surface area contributed by atoms with E-state index in [1.807, 2.05) is 6.92 Å². The van der Waals surface area contributed by atoms with Gasteiger partial charge < -0.3 is 4.74 Å². The summed E-state index contributed by atoms with van der Waals surface area (Å²) in [7, 11) is 0. The Bertz CT molecular complexity index is 293. The summed E-state index contributed by atoms with van der Waals surface area (Å²) < 4.78 is 5.13. The van der Waals surface area contributed by atoms with Crippen LogP contribution in [0.2, 0.25) is 0 Å². The summed E-state index contributed by atoms with van der Waals surface area (Å²) in [6, 6.07) is 0. The fraction of sp³-hybridized carbons (Fsp3) is 0.944. The van der Waals surface area contributed by atoms with Crippen LogP contribution in [-0.4, -0.2) is 35.0 Å². The molecular formula is C18H34BrNO2. The number of piperidine rings is 1. The molecular weight excluding hydrogens is 342 g/mol. The average molecular weight is 376 g/mol. The minimum Gasteiger partial charge on any atom is -0.463 e. The summed E-state index contributed by atoms with van der Waals surface area (Å²) in [5.74, 6) is -0.162. The topological polar surface area (TPSA) is 29.5 Å². The van der Waals surface area contributed by atoms with Crippen molar-refractivity contribution in [3.8, 4) is 0 Å². The van der Waals surface area contributed by atoms with Gasteiger partial charge in [0.05, 0.1) is 11.1 Å². The van der Waals surface area contributed by atoms with Crippen molar-refractivity contribution in [2.75, 3.05) is 13.1 Å². The van der Waals surface area contributed by atoms with Gasteiger partial charge in [-0.1, -0.05) is 54.5 Å². The van der Waals surface area contributed by atoms with Gasteiger partial charge in [0.1, 0.15) is 0 Å². The second kappa shape index (κ2) is 12.3. The monoisotopic (exact) mass is 375 g/mol. The number of ether oxygens (including phenoxy) is 1. The fourth-order valence-corrected chi connectivity index (χ4v) is 3.91. The third-order valence-corrected chi connectivity index (χ3v) is 5.49. The Morgan fingerprint density at radius 2 is 1.55 bits per heavy atom. The lowest BCUT2D eigenvalue weighted by Gasteiger charge is -2.31. The highest BCUT2D eigenvalue weighted by atomic mass is 79.9. The maximum absolute atomic E-state index is 10.8. The minimum atomic E-state index is -0.162. The van der Waals surface area contributed by atoms with Crippen LogP contribution in [0.1, 0.15) is 84.5 Å². The number of carbonyl (C=O) groups is 1. The Labute approximate surface area is 145 Å². The van der Waals surface area contributed by atoms with Gasteiger partial charge in [0, 0.05) is 6.92 Å². The van der Waals surface area contributed by atoms with Gasteiger partial charge >= 0.3 is 5.97 Å². The quantitative estimate of drug-likeness (QED) is 0.213. The van der Waals surface area contributed by atoms with Gasteiger partial charge in [0.25, 0.3) is 0 Å². The van der Waals surface area contributed by atoms with E-state index in [0.29, 0.717) is 4.95 Å². The summed E-state index contributed by atoms with van der Waals surface area (Å²) in [5, 5.41) is 0. The maximum atomic E-state index is 10.8. The smallest absolute Gasteiger partial charge is 0.302 e. The molecule has 0 aromatic carbocycles. The Kier molecular flexibility index (Phi) is 11.2. The number of rotatable bonds is 11. The zero-order valence-electron chi connectivity index (χ0n) is 14.5. The Morgan fingerprint density at radius 3 is 2.14 bits per heavy atom. The van der Waals surface area contributed by atoms with Crippen molar-refractivity contribution in [1.29, 1.82) is 0 Å². The highest BCUT2D eigenvalue weighted by molar-refractivity contribution is 9.09. The molecule has 4 heteroatoms. The van der Waals surface area contributed by atoms with Gasteiger partial charge in [-0.3, -0.25) is 9.69 Å². The molecule has 2 atom stereocenters. The lowest BCUT2D eigenvalue weighted by Crippen LogP contribution is -2.35. The predicted octanol–water partition coefficient (Wildman–Crippen LogP) is 5.27. The van der Waals surface area contributed by atoms with Crippen molar-refractivity contribution in [1.82, 2.24) is 4.90 Å². The molecule has 0 bridgehead atoms. The molecule has 1 aliphatic rings. The van der Waals surface area contributed by atoms with Gasteiger partial charge in [-0.25, -0.2) is 0 Å². The molecule has 0 aliphatic carbocycles. The average Bonchev–Trinajstić information content (AvgIpc) is 2.49. The highest BCUT2D eigenvalue weighted by Crippen LogP contribution is 2.21. The van der Waals surface area contributed by atoms with Crippen LogP contribution in [0.15, 0.2) is 0 Å². The van der Waals surface area contributed by atoms with E-state index in [-0.39, 0.29) is 12.1 Å². The first-order valence-electron chi connectivity index (χ1n) is 9.15. The molecule has 0 N–H and O–H groups in total. The van der Waals surface area contributed by atoms with Crippen molar-refractivity contribution in [3.05, 3.63) is 0 Å². The number of carbonyl (C=O) groups excluding carboxylic acids is 1. The van der Waals surface area contributed by atoms with Crippen LogP contribution in [0.3, 0.4) is 0 Å². The van der Waals surface area contributed by atoms with Crippen LogP contribution >= 0.6 is 15.9 Å². The first kappa shape index (κ1) is 20.0. The number of nitrogens with zero attached hydrogens (tertiary/aromatic N) is 1. The van der Waals surface area contributed by atoms with Crippen LogP contribution in [0.5, 0.6) is 0 Å². The third kappa shape index (κ3) is 9.83. The first-order valence-corrected chi connectivity index (χ1v) is 10.1. The second-order valence-corrected chi connectivity index (χ2v) is 7.71. The van der Waals surface area contributed by atoms with Crippen LogP contribution in [0.4, 0.5) is 0 Å². The molecule has 2 unspecified atom stereocenters. The predicted molar refractivity (Wildman–Crippen MR) is 96.3 cm³/mol. The lowest BCUT2D eigenvalue weighted by atomic mass is 10.1. The Hall–Kier alpha value is -0.0900. The SMILES string of the molecule is CC(=O)OC(C)CCCCCCCCC(Br)N1CCCCC1. The molecule has 1 heterocycles. The molecule has 130 valence electrons. The molecule has 0 saturated carbocycles. The minimum absolute atomic E-state index is 0.0798. The highest BCUT2D eigenvalue weighted by Gasteiger charge is 2.17. The van der Waals surface area contributed by atoms with Crippen molar-refractivity contribution in [2.45, 2.75) is 95.5 Å². The molecule has 1 aliphatic heterocycles. The van der Waals surface area contributed by atoms with Crippen molar-refractivity contribution < 1.29 is 9.53 Å². The Balaban J connectivity index is 1.87. The summed E-state index contributed by atoms with van der Waals surface area (Å²) in [5.41, 5.74) is 0. The number of esters is 1. The number of alkyl halides is 1. The first-order chi connectivity index (χ1) is 10.6. The number of hydrogen-bond donors (Lipinski definition) is 0. The second-order valence-electron chi connectivity index (χ2n) is 6.65. The zero-order chi connectivity index (χ0) is 16.2. The molecule has 22 heavy (non-hydrogen) atoms. The van der Waals surface area contributed by atoms with Crippen molar-refractivity contribution in [2.24, 2.45) is 0 Å². The normalized spacial score (nSPS) is 18.9. The van der Waals surface area contributed by atoms with Gasteiger partial charge in [0.15, 0.2) is 0 Å².